The molecule has 0 spiro atoms. The van der Waals surface area contributed by atoms with Crippen LogP contribution in [-0.4, -0.2) is 36.6 Å². The highest BCUT2D eigenvalue weighted by Gasteiger charge is 2.71. The summed E-state index contributed by atoms with van der Waals surface area (Å²) >= 11 is 0. The summed E-state index contributed by atoms with van der Waals surface area (Å²) < 4.78 is 4.95. The van der Waals surface area contributed by atoms with Crippen LogP contribution in [0, 0.1) is 51.2 Å². The lowest BCUT2D eigenvalue weighted by Gasteiger charge is -2.72. The van der Waals surface area contributed by atoms with Crippen molar-refractivity contribution in [3.8, 4) is 0 Å². The largest absolute Gasteiger partial charge is 0.465 e. The Hall–Kier alpha value is -1.87. The highest BCUT2D eigenvalue weighted by Crippen LogP contribution is 2.77. The molecular weight excluding hydrogens is 514 g/mol. The van der Waals surface area contributed by atoms with Gasteiger partial charge in [0.2, 0.25) is 0 Å². The number of esters is 1. The summed E-state index contributed by atoms with van der Waals surface area (Å²) in [7, 11) is 1.45. The number of hydrogen-bond donors (Lipinski definition) is 0. The minimum atomic E-state index is -0.261. The first-order valence-corrected chi connectivity index (χ1v) is 17.1. The van der Waals surface area contributed by atoms with Gasteiger partial charge in [0.05, 0.1) is 12.7 Å². The van der Waals surface area contributed by atoms with Crippen molar-refractivity contribution < 1.29 is 9.53 Å². The fourth-order valence-electron chi connectivity index (χ4n) is 13.1. The molecule has 7 rings (SSSR count). The average Bonchev–Trinajstić information content (AvgIpc) is 3.73. The molecule has 1 saturated heterocycles. The SMILES string of the molecule is C=C(C)[C@@H]1CC[C@]2(N3CC3)CC[C@]3(C)[C@H](CCC4[C@@]5(C)CC=C(c6ccc(C(=O)OC)cc6)C(C)(C)C5CC[C@]43C)C12. The Morgan fingerprint density at radius 1 is 0.881 bits per heavy atom. The molecule has 228 valence electrons. The zero-order chi connectivity index (χ0) is 29.9. The van der Waals surface area contributed by atoms with Gasteiger partial charge in [-0.05, 0) is 139 Å². The van der Waals surface area contributed by atoms with Gasteiger partial charge in [-0.3, -0.25) is 4.90 Å². The monoisotopic (exact) mass is 569 g/mol. The lowest BCUT2D eigenvalue weighted by atomic mass is 9.33. The summed E-state index contributed by atoms with van der Waals surface area (Å²) in [4.78, 5) is 15.0. The Morgan fingerprint density at radius 3 is 2.24 bits per heavy atom. The number of carbonyl (C=O) groups excluding carboxylic acids is 1. The maximum Gasteiger partial charge on any atom is 0.337 e. The summed E-state index contributed by atoms with van der Waals surface area (Å²) in [6, 6.07) is 8.17. The molecule has 5 aliphatic carbocycles. The Kier molecular flexibility index (Phi) is 6.41. The second-order valence-electron chi connectivity index (χ2n) is 16.9. The number of allylic oxidation sites excluding steroid dienone is 3. The summed E-state index contributed by atoms with van der Waals surface area (Å²) in [5.74, 6) is 3.52. The summed E-state index contributed by atoms with van der Waals surface area (Å²) in [5.41, 5.74) is 6.50. The molecule has 5 fully saturated rings. The highest BCUT2D eigenvalue weighted by molar-refractivity contribution is 5.89. The lowest BCUT2D eigenvalue weighted by Crippen LogP contribution is -2.67. The number of carbonyl (C=O) groups is 1. The van der Waals surface area contributed by atoms with Crippen LogP contribution in [0.3, 0.4) is 0 Å². The molecule has 3 unspecified atom stereocenters. The van der Waals surface area contributed by atoms with E-state index in [0.29, 0.717) is 39.2 Å². The summed E-state index contributed by atoms with van der Waals surface area (Å²) in [5, 5.41) is 0. The van der Waals surface area contributed by atoms with E-state index in [0.717, 1.165) is 17.8 Å². The molecule has 4 saturated carbocycles. The first kappa shape index (κ1) is 28.9. The van der Waals surface area contributed by atoms with Gasteiger partial charge in [-0.1, -0.05) is 65.0 Å². The highest BCUT2D eigenvalue weighted by atomic mass is 16.5. The summed E-state index contributed by atoms with van der Waals surface area (Å²) in [6.07, 6.45) is 14.9. The van der Waals surface area contributed by atoms with Crippen molar-refractivity contribution in [2.75, 3.05) is 20.2 Å². The second kappa shape index (κ2) is 9.32. The van der Waals surface area contributed by atoms with Gasteiger partial charge in [0.15, 0.2) is 0 Å². The molecule has 0 amide bonds. The molecule has 1 aromatic carbocycles. The molecule has 3 heteroatoms. The van der Waals surface area contributed by atoms with Crippen LogP contribution in [0.1, 0.15) is 115 Å². The zero-order valence-electron chi connectivity index (χ0n) is 27.5. The third kappa shape index (κ3) is 3.64. The van der Waals surface area contributed by atoms with Crippen molar-refractivity contribution in [1.29, 1.82) is 0 Å². The van der Waals surface area contributed by atoms with E-state index in [1.807, 2.05) is 12.1 Å². The van der Waals surface area contributed by atoms with E-state index in [-0.39, 0.29) is 11.4 Å². The molecule has 9 atom stereocenters. The smallest absolute Gasteiger partial charge is 0.337 e. The number of nitrogens with zero attached hydrogens (tertiary/aromatic N) is 1. The number of benzene rings is 1. The van der Waals surface area contributed by atoms with Gasteiger partial charge in [0, 0.05) is 18.6 Å². The molecule has 0 bridgehead atoms. The minimum absolute atomic E-state index is 0.0936. The third-order valence-electron chi connectivity index (χ3n) is 15.3. The van der Waals surface area contributed by atoms with Gasteiger partial charge in [0.25, 0.3) is 0 Å². The Labute approximate surface area is 255 Å². The number of rotatable bonds is 4. The van der Waals surface area contributed by atoms with E-state index in [1.54, 1.807) is 0 Å². The lowest BCUT2D eigenvalue weighted by molar-refractivity contribution is -0.223. The van der Waals surface area contributed by atoms with Gasteiger partial charge in [-0.15, -0.1) is 0 Å². The molecule has 42 heavy (non-hydrogen) atoms. The van der Waals surface area contributed by atoms with Gasteiger partial charge in [-0.25, -0.2) is 4.79 Å². The normalized spacial score (nSPS) is 45.5. The molecular formula is C39H55NO2. The average molecular weight is 570 g/mol. The topological polar surface area (TPSA) is 29.3 Å². The maximum absolute atomic E-state index is 12.1. The van der Waals surface area contributed by atoms with Gasteiger partial charge in [-0.2, -0.15) is 0 Å². The van der Waals surface area contributed by atoms with Crippen molar-refractivity contribution in [3.63, 3.8) is 0 Å². The van der Waals surface area contributed by atoms with Crippen LogP contribution in [0.2, 0.25) is 0 Å². The van der Waals surface area contributed by atoms with Crippen LogP contribution in [0.15, 0.2) is 42.5 Å². The van der Waals surface area contributed by atoms with E-state index < -0.39 is 0 Å². The van der Waals surface area contributed by atoms with Crippen LogP contribution in [0.25, 0.3) is 5.57 Å². The van der Waals surface area contributed by atoms with Crippen LogP contribution >= 0.6 is 0 Å². The molecule has 0 N–H and O–H groups in total. The van der Waals surface area contributed by atoms with Gasteiger partial charge in [0.1, 0.15) is 0 Å². The number of ether oxygens (including phenoxy) is 1. The van der Waals surface area contributed by atoms with Crippen molar-refractivity contribution in [1.82, 2.24) is 4.90 Å². The molecule has 6 aliphatic rings. The number of hydrogen-bond acceptors (Lipinski definition) is 3. The first-order chi connectivity index (χ1) is 19.8. The Morgan fingerprint density at radius 2 is 1.60 bits per heavy atom. The van der Waals surface area contributed by atoms with E-state index in [2.05, 4.69) is 71.2 Å². The quantitative estimate of drug-likeness (QED) is 0.206. The van der Waals surface area contributed by atoms with E-state index in [9.17, 15) is 4.79 Å². The van der Waals surface area contributed by atoms with Crippen LogP contribution in [0.5, 0.6) is 0 Å². The third-order valence-corrected chi connectivity index (χ3v) is 15.3. The van der Waals surface area contributed by atoms with Gasteiger partial charge < -0.3 is 4.74 Å². The fourth-order valence-corrected chi connectivity index (χ4v) is 13.1. The van der Waals surface area contributed by atoms with Crippen molar-refractivity contribution in [3.05, 3.63) is 53.6 Å². The van der Waals surface area contributed by atoms with Crippen LogP contribution < -0.4 is 0 Å². The Balaban J connectivity index is 1.23. The predicted molar refractivity (Wildman–Crippen MR) is 172 cm³/mol. The second-order valence-corrected chi connectivity index (χ2v) is 16.9. The predicted octanol–water partition coefficient (Wildman–Crippen LogP) is 9.19. The van der Waals surface area contributed by atoms with Crippen molar-refractivity contribution in [2.45, 2.75) is 105 Å². The molecule has 3 nitrogen and oxygen atoms in total. The fraction of sp³-hybridized carbons (Fsp3) is 0.718. The van der Waals surface area contributed by atoms with Gasteiger partial charge >= 0.3 is 5.97 Å². The zero-order valence-corrected chi connectivity index (χ0v) is 27.5. The Bertz CT molecular complexity index is 1320. The molecule has 0 radical (unpaired) electrons. The maximum atomic E-state index is 12.1. The molecule has 0 aromatic heterocycles. The van der Waals surface area contributed by atoms with E-state index >= 15 is 0 Å². The molecule has 1 heterocycles. The molecule has 1 aliphatic heterocycles. The van der Waals surface area contributed by atoms with Crippen LogP contribution in [-0.2, 0) is 4.74 Å². The number of methoxy groups -OCH3 is 1. The first-order valence-electron chi connectivity index (χ1n) is 17.1. The van der Waals surface area contributed by atoms with E-state index in [1.165, 1.54) is 94.7 Å². The van der Waals surface area contributed by atoms with Crippen molar-refractivity contribution in [2.24, 2.45) is 51.2 Å². The van der Waals surface area contributed by atoms with E-state index in [4.69, 9.17) is 4.74 Å². The van der Waals surface area contributed by atoms with Crippen LogP contribution in [0.4, 0.5) is 0 Å². The molecule has 1 aromatic rings. The standard InChI is InChI=1S/C39H55NO2/c1-25(2)28-15-20-39(40-23-24-40)22-21-37(6)30(33(28)39)13-14-32-36(5)18-16-29(26-9-11-27(12-10-26)34(41)42-8)35(3,4)31(36)17-19-38(32,37)7/h9-12,16,28,30-33H,1,13-15,17-24H2,2-8H3/t28-,30+,31?,32?,33?,36-,37+,38+,39-/m0/s1. The number of fused-ring (bicyclic) bond motifs is 7. The van der Waals surface area contributed by atoms with Crippen molar-refractivity contribution >= 4 is 11.5 Å². The minimum Gasteiger partial charge on any atom is -0.465 e. The summed E-state index contributed by atoms with van der Waals surface area (Å²) in [6.45, 7) is 22.8.